The van der Waals surface area contributed by atoms with E-state index in [0.29, 0.717) is 17.6 Å². The Hall–Kier alpha value is -16.6. The molecule has 682 valence electrons. The highest BCUT2D eigenvalue weighted by Crippen LogP contribution is 2.63. The molecule has 0 N–H and O–H groups in total. The molecule has 142 heavy (non-hydrogen) atoms. The van der Waals surface area contributed by atoms with Gasteiger partial charge in [-0.15, -0.1) is 11.3 Å². The average Bonchev–Trinajstić information content (AvgIpc) is 1.53. The molecule has 8 aromatic heterocycles. The molecule has 3 aliphatic carbocycles. The number of furan rings is 4. The molecule has 0 spiro atoms. The predicted octanol–water partition coefficient (Wildman–Crippen LogP) is 36.5. The summed E-state index contributed by atoms with van der Waals surface area (Å²) in [7, 11) is 0. The van der Waals surface area contributed by atoms with Gasteiger partial charge in [0.15, 0.2) is 17.5 Å². The molecule has 2 unspecified atom stereocenters. The molecule has 2 atom stereocenters. The molecule has 0 amide bonds. The molecule has 0 bridgehead atoms. The monoisotopic (exact) mass is 1850 g/mol. The minimum Gasteiger partial charge on any atom is -0.456 e. The fourth-order valence-electron chi connectivity index (χ4n) is 23.9. The quantitative estimate of drug-likeness (QED) is 0.130. The summed E-state index contributed by atoms with van der Waals surface area (Å²) in [5, 5.41) is 14.5. The first kappa shape index (κ1) is 85.8. The van der Waals surface area contributed by atoms with Crippen molar-refractivity contribution in [3.05, 3.63) is 409 Å². The van der Waals surface area contributed by atoms with Crippen LogP contribution < -0.4 is 0 Å². The van der Waals surface area contributed by atoms with E-state index in [9.17, 15) is 0 Å². The van der Waals surface area contributed by atoms with E-state index in [0.717, 1.165) is 190 Å². The van der Waals surface area contributed by atoms with Gasteiger partial charge in [0, 0.05) is 129 Å². The van der Waals surface area contributed by atoms with E-state index in [1.807, 2.05) is 59.9 Å². The van der Waals surface area contributed by atoms with Gasteiger partial charge in [0.1, 0.15) is 44.7 Å². The Morgan fingerprint density at radius 3 is 1.48 bits per heavy atom. The van der Waals surface area contributed by atoms with Crippen LogP contribution >= 0.6 is 11.3 Å². The van der Waals surface area contributed by atoms with Gasteiger partial charge < -0.3 is 17.7 Å². The molecule has 0 saturated heterocycles. The van der Waals surface area contributed by atoms with Crippen LogP contribution in [-0.4, -0.2) is 29.9 Å². The Kier molecular flexibility index (Phi) is 19.6. The Balaban J connectivity index is 0.000000109. The van der Waals surface area contributed by atoms with E-state index in [1.165, 1.54) is 98.1 Å². The normalized spacial score (nSPS) is 15.0. The van der Waals surface area contributed by atoms with Gasteiger partial charge >= 0.3 is 0 Å². The van der Waals surface area contributed by atoms with Crippen molar-refractivity contribution in [2.75, 3.05) is 0 Å². The lowest BCUT2D eigenvalue weighted by atomic mass is 9.62. The molecule has 0 saturated carbocycles. The van der Waals surface area contributed by atoms with Gasteiger partial charge in [0.25, 0.3) is 0 Å². The third-order valence-corrected chi connectivity index (χ3v) is 32.8. The number of nitrogens with zero attached hydrogens (tertiary/aromatic N) is 6. The van der Waals surface area contributed by atoms with Crippen LogP contribution in [0.25, 0.3) is 253 Å². The molecule has 0 aliphatic heterocycles. The van der Waals surface area contributed by atoms with E-state index in [4.69, 9.17) is 47.6 Å². The van der Waals surface area contributed by atoms with Crippen LogP contribution in [0.2, 0.25) is 0 Å². The van der Waals surface area contributed by atoms with Gasteiger partial charge in [0.2, 0.25) is 0 Å². The molecule has 0 radical (unpaired) electrons. The number of thiophene rings is 1. The van der Waals surface area contributed by atoms with Gasteiger partial charge in [0.05, 0.1) is 39.2 Å². The molecule has 3 aliphatic rings. The summed E-state index contributed by atoms with van der Waals surface area (Å²) in [6.45, 7) is 21.1. The first-order chi connectivity index (χ1) is 69.0. The molecule has 18 aromatic carbocycles. The fourth-order valence-corrected chi connectivity index (χ4v) is 25.0. The topological polar surface area (TPSA) is 130 Å². The van der Waals surface area contributed by atoms with Crippen LogP contribution in [0.1, 0.15) is 116 Å². The zero-order valence-electron chi connectivity index (χ0n) is 79.5. The van der Waals surface area contributed by atoms with Crippen molar-refractivity contribution in [3.8, 4) is 112 Å². The SMILES string of the molecule is C.CC(C)(C)C1(C)c2ccccc2-c2c1cc(-c1nc(-c3ccccc3)c3c(ccc4oc5ccccc5c43)n1)c1oc3ccccc3c21.CC(C)C1(C)c2ccc(-c3nc(-c4ccccc4)c4c(ccc5sc6ccccc6c54)n3)cc2-c2cc3c(cc21)oc1ccccc13.CCC1(CC)c2ccccc2-c2ccc3c(oc4ccc(-c5nc(-c6ccc(-c7ccccc7)cc6)c6ccccc6n5)cc43)c21. The zero-order valence-corrected chi connectivity index (χ0v) is 80.3. The lowest BCUT2D eigenvalue weighted by molar-refractivity contribution is 0.255. The van der Waals surface area contributed by atoms with Gasteiger partial charge in [-0.05, 0) is 200 Å². The highest BCUT2D eigenvalue weighted by molar-refractivity contribution is 7.26. The number of hydrogen-bond donors (Lipinski definition) is 0. The maximum Gasteiger partial charge on any atom is 0.164 e. The van der Waals surface area contributed by atoms with Crippen molar-refractivity contribution in [2.45, 2.75) is 98.8 Å². The second-order valence-corrected chi connectivity index (χ2v) is 41.0. The van der Waals surface area contributed by atoms with Crippen molar-refractivity contribution < 1.29 is 17.7 Å². The number of aromatic nitrogens is 6. The first-order valence-electron chi connectivity index (χ1n) is 49.1. The Morgan fingerprint density at radius 1 is 0.282 bits per heavy atom. The van der Waals surface area contributed by atoms with Crippen molar-refractivity contribution in [1.82, 2.24) is 29.9 Å². The second-order valence-electron chi connectivity index (χ2n) is 39.9. The summed E-state index contributed by atoms with van der Waals surface area (Å²) in [5.41, 5.74) is 36.3. The number of benzene rings is 18. The second kappa shape index (κ2) is 32.5. The summed E-state index contributed by atoms with van der Waals surface area (Å²) in [5.74, 6) is 2.49. The van der Waals surface area contributed by atoms with Crippen molar-refractivity contribution in [1.29, 1.82) is 0 Å². The van der Waals surface area contributed by atoms with E-state index >= 15 is 0 Å². The summed E-state index contributed by atoms with van der Waals surface area (Å²) in [6.07, 6.45) is 2.05. The number of hydrogen-bond acceptors (Lipinski definition) is 11. The van der Waals surface area contributed by atoms with Crippen LogP contribution in [0.4, 0.5) is 0 Å². The predicted molar refractivity (Wildman–Crippen MR) is 590 cm³/mol. The maximum atomic E-state index is 6.81. The summed E-state index contributed by atoms with van der Waals surface area (Å²) in [4.78, 5) is 31.8. The standard InChI is InChI=1S/C44H32N2O2.C43H30N2OS.C43H32N2O.CH4/c1-43(2,3)44(4)30-19-11-8-16-26(30)36-31(44)24-29(41-38(36)28-18-10-13-21-34(28)48-41)42-45-32-22-23-35-37(27-17-9-12-20-33(27)47-35)39(32)40(46-42)25-14-6-5-7-15-25;1-24(2)43(3)32-18-17-26(21-29(32)30-22-31-27-13-7-9-15-35(27)46-36(31)23-33(30)43)42-44-34-19-20-38-39(28-14-8-10-16-37(28)47-38)40(34)41(45-42)25-11-5-4-6-12-25;1-3-43(4-2)36-16-10-8-14-31(36)32-23-24-33-35-26-30(22-25-38(35)46-41(33)39(32)43)42-44-37-17-11-9-15-34(37)40(45-42)29-20-18-28(19-21-29)27-12-6-5-7-13-27;/h5-24H,1-4H3;4-24H,1-3H3;5-26H,3-4H2,1-2H3;1H4. The van der Waals surface area contributed by atoms with Gasteiger partial charge in [-0.3, -0.25) is 0 Å². The van der Waals surface area contributed by atoms with Crippen LogP contribution in [-0.2, 0) is 16.2 Å². The van der Waals surface area contributed by atoms with E-state index in [-0.39, 0.29) is 29.1 Å². The summed E-state index contributed by atoms with van der Waals surface area (Å²) >= 11 is 1.83. The van der Waals surface area contributed by atoms with Crippen LogP contribution in [0.15, 0.2) is 394 Å². The number of rotatable bonds is 10. The molecular formula is C131H98N6O4S. The summed E-state index contributed by atoms with van der Waals surface area (Å²) < 4.78 is 28.8. The van der Waals surface area contributed by atoms with Gasteiger partial charge in [-0.2, -0.15) is 0 Å². The van der Waals surface area contributed by atoms with Crippen molar-refractivity contribution in [2.24, 2.45) is 11.3 Å². The minimum absolute atomic E-state index is 0. The van der Waals surface area contributed by atoms with Gasteiger partial charge in [-0.25, -0.2) is 29.9 Å². The van der Waals surface area contributed by atoms with E-state index in [2.05, 4.69) is 390 Å². The highest BCUT2D eigenvalue weighted by Gasteiger charge is 2.50. The van der Waals surface area contributed by atoms with Crippen molar-refractivity contribution >= 4 is 152 Å². The lowest BCUT2D eigenvalue weighted by Gasteiger charge is -2.41. The highest BCUT2D eigenvalue weighted by atomic mass is 32.1. The Bertz CT molecular complexity index is 9720. The maximum absolute atomic E-state index is 6.81. The number of para-hydroxylation sites is 4. The van der Waals surface area contributed by atoms with Crippen LogP contribution in [0, 0.1) is 11.3 Å². The molecule has 10 nitrogen and oxygen atoms in total. The van der Waals surface area contributed by atoms with Gasteiger partial charge in [-0.1, -0.05) is 343 Å². The fraction of sp³-hybridized carbons (Fsp3) is 0.130. The Labute approximate surface area is 825 Å². The lowest BCUT2D eigenvalue weighted by Crippen LogP contribution is -2.36. The van der Waals surface area contributed by atoms with Crippen LogP contribution in [0.3, 0.4) is 0 Å². The number of fused-ring (bicyclic) bond motifs is 31. The molecule has 29 rings (SSSR count). The van der Waals surface area contributed by atoms with E-state index < -0.39 is 0 Å². The minimum atomic E-state index is -0.263. The molecule has 11 heteroatoms. The molecular weight excluding hydrogens is 1750 g/mol. The molecule has 26 aromatic rings. The first-order valence-corrected chi connectivity index (χ1v) is 49.9. The van der Waals surface area contributed by atoms with E-state index in [1.54, 1.807) is 0 Å². The third kappa shape index (κ3) is 12.8. The smallest absolute Gasteiger partial charge is 0.164 e. The largest absolute Gasteiger partial charge is 0.456 e. The molecule has 8 heterocycles. The molecule has 0 fully saturated rings. The summed E-state index contributed by atoms with van der Waals surface area (Å²) in [6, 6.07) is 133. The van der Waals surface area contributed by atoms with Crippen molar-refractivity contribution in [3.63, 3.8) is 0 Å². The average molecular weight is 1850 g/mol. The Morgan fingerprint density at radius 2 is 0.775 bits per heavy atom. The third-order valence-electron chi connectivity index (χ3n) is 31.7. The van der Waals surface area contributed by atoms with Crippen LogP contribution in [0.5, 0.6) is 0 Å². The zero-order chi connectivity index (χ0) is 94.6.